The number of rotatable bonds is 8. The molecule has 0 aliphatic carbocycles. The van der Waals surface area contributed by atoms with Crippen LogP contribution >= 0.6 is 24.0 Å². The SMILES string of the molecule is CN=C(NCCCOCC1CCCO1)NCc1ncccc1C.I. The number of hydrogen-bond donors (Lipinski definition) is 2. The maximum Gasteiger partial charge on any atom is 0.191 e. The molecule has 0 bridgehead atoms. The van der Waals surface area contributed by atoms with Crippen LogP contribution in [0.15, 0.2) is 23.3 Å². The molecule has 136 valence electrons. The van der Waals surface area contributed by atoms with Crippen LogP contribution in [0.3, 0.4) is 0 Å². The third kappa shape index (κ3) is 7.76. The zero-order valence-corrected chi connectivity index (χ0v) is 16.9. The van der Waals surface area contributed by atoms with Gasteiger partial charge in [-0.1, -0.05) is 6.07 Å². The second-order valence-corrected chi connectivity index (χ2v) is 5.68. The van der Waals surface area contributed by atoms with E-state index < -0.39 is 0 Å². The molecule has 1 aromatic rings. The van der Waals surface area contributed by atoms with E-state index in [-0.39, 0.29) is 24.0 Å². The van der Waals surface area contributed by atoms with Crippen molar-refractivity contribution in [1.82, 2.24) is 15.6 Å². The molecule has 2 N–H and O–H groups in total. The summed E-state index contributed by atoms with van der Waals surface area (Å²) in [5.74, 6) is 0.786. The maximum absolute atomic E-state index is 5.64. The van der Waals surface area contributed by atoms with Crippen LogP contribution in [0.4, 0.5) is 0 Å². The van der Waals surface area contributed by atoms with Crippen molar-refractivity contribution in [3.8, 4) is 0 Å². The second-order valence-electron chi connectivity index (χ2n) is 5.68. The van der Waals surface area contributed by atoms with Crippen LogP contribution in [0, 0.1) is 6.92 Å². The summed E-state index contributed by atoms with van der Waals surface area (Å²) in [4.78, 5) is 8.59. The molecule has 0 spiro atoms. The Labute approximate surface area is 161 Å². The van der Waals surface area contributed by atoms with Gasteiger partial charge in [0.2, 0.25) is 0 Å². The summed E-state index contributed by atoms with van der Waals surface area (Å²) in [5, 5.41) is 6.57. The molecular formula is C17H29IN4O2. The van der Waals surface area contributed by atoms with Gasteiger partial charge < -0.3 is 20.1 Å². The minimum Gasteiger partial charge on any atom is -0.379 e. The zero-order valence-electron chi connectivity index (χ0n) is 14.6. The fourth-order valence-electron chi connectivity index (χ4n) is 2.46. The molecule has 6 nitrogen and oxygen atoms in total. The largest absolute Gasteiger partial charge is 0.379 e. The van der Waals surface area contributed by atoms with Gasteiger partial charge in [-0.15, -0.1) is 24.0 Å². The first-order chi connectivity index (χ1) is 11.3. The molecule has 0 saturated carbocycles. The highest BCUT2D eigenvalue weighted by atomic mass is 127. The summed E-state index contributed by atoms with van der Waals surface area (Å²) in [5.41, 5.74) is 2.22. The van der Waals surface area contributed by atoms with Crippen LogP contribution in [-0.2, 0) is 16.0 Å². The van der Waals surface area contributed by atoms with Crippen molar-refractivity contribution in [3.05, 3.63) is 29.6 Å². The molecular weight excluding hydrogens is 419 g/mol. The molecule has 1 aromatic heterocycles. The van der Waals surface area contributed by atoms with E-state index >= 15 is 0 Å². The van der Waals surface area contributed by atoms with E-state index in [1.54, 1.807) is 7.05 Å². The van der Waals surface area contributed by atoms with E-state index in [9.17, 15) is 0 Å². The van der Waals surface area contributed by atoms with Crippen LogP contribution in [0.2, 0.25) is 0 Å². The van der Waals surface area contributed by atoms with Crippen molar-refractivity contribution in [1.29, 1.82) is 0 Å². The van der Waals surface area contributed by atoms with E-state index in [1.165, 1.54) is 5.56 Å². The summed E-state index contributed by atoms with van der Waals surface area (Å²) >= 11 is 0. The van der Waals surface area contributed by atoms with Gasteiger partial charge in [0.25, 0.3) is 0 Å². The molecule has 1 unspecified atom stereocenters. The molecule has 24 heavy (non-hydrogen) atoms. The molecule has 2 heterocycles. The van der Waals surface area contributed by atoms with Gasteiger partial charge in [-0.2, -0.15) is 0 Å². The molecule has 1 atom stereocenters. The topological polar surface area (TPSA) is 67.8 Å². The van der Waals surface area contributed by atoms with Crippen molar-refractivity contribution in [2.24, 2.45) is 4.99 Å². The Bertz CT molecular complexity index is 493. The number of aliphatic imine (C=N–C) groups is 1. The monoisotopic (exact) mass is 448 g/mol. The maximum atomic E-state index is 5.64. The average molecular weight is 448 g/mol. The van der Waals surface area contributed by atoms with Crippen LogP contribution in [0.1, 0.15) is 30.5 Å². The number of nitrogens with zero attached hydrogens (tertiary/aromatic N) is 2. The van der Waals surface area contributed by atoms with Gasteiger partial charge in [-0.25, -0.2) is 0 Å². The van der Waals surface area contributed by atoms with Gasteiger partial charge in [0, 0.05) is 33.0 Å². The Balaban J connectivity index is 0.00000288. The van der Waals surface area contributed by atoms with Gasteiger partial charge >= 0.3 is 0 Å². The summed E-state index contributed by atoms with van der Waals surface area (Å²) in [6.07, 6.45) is 5.34. The van der Waals surface area contributed by atoms with E-state index in [0.29, 0.717) is 19.3 Å². The lowest BCUT2D eigenvalue weighted by Gasteiger charge is -2.13. The lowest BCUT2D eigenvalue weighted by molar-refractivity contribution is 0.0168. The fraction of sp³-hybridized carbons (Fsp3) is 0.647. The van der Waals surface area contributed by atoms with Crippen molar-refractivity contribution in [3.63, 3.8) is 0 Å². The number of halogens is 1. The molecule has 1 fully saturated rings. The van der Waals surface area contributed by atoms with Gasteiger partial charge in [0.15, 0.2) is 5.96 Å². The van der Waals surface area contributed by atoms with E-state index in [1.807, 2.05) is 12.3 Å². The lowest BCUT2D eigenvalue weighted by atomic mass is 10.2. The standard InChI is InChI=1S/C17H28N4O2.HI/c1-14-6-3-8-19-16(14)12-21-17(18-2)20-9-5-10-22-13-15-7-4-11-23-15;/h3,6,8,15H,4-5,7,9-13H2,1-2H3,(H2,18,20,21);1H. The Morgan fingerprint density at radius 2 is 2.33 bits per heavy atom. The van der Waals surface area contributed by atoms with Gasteiger partial charge in [0.1, 0.15) is 0 Å². The zero-order chi connectivity index (χ0) is 16.3. The first-order valence-electron chi connectivity index (χ1n) is 8.34. The van der Waals surface area contributed by atoms with Crippen molar-refractivity contribution in [2.45, 2.75) is 38.8 Å². The molecule has 0 amide bonds. The Kier molecular flexibility index (Phi) is 10.9. The van der Waals surface area contributed by atoms with Gasteiger partial charge in [-0.3, -0.25) is 9.98 Å². The summed E-state index contributed by atoms with van der Waals surface area (Å²) in [7, 11) is 1.77. The predicted octanol–water partition coefficient (Wildman–Crippen LogP) is 2.26. The number of aromatic nitrogens is 1. The highest BCUT2D eigenvalue weighted by Gasteiger charge is 2.14. The van der Waals surface area contributed by atoms with Gasteiger partial charge in [-0.05, 0) is 37.8 Å². The van der Waals surface area contributed by atoms with Gasteiger partial charge in [0.05, 0.1) is 24.9 Å². The number of ether oxygens (including phenoxy) is 2. The summed E-state index contributed by atoms with van der Waals surface area (Å²) in [6.45, 7) is 5.89. The minimum atomic E-state index is 0. The van der Waals surface area contributed by atoms with Crippen LogP contribution < -0.4 is 10.6 Å². The Morgan fingerprint density at radius 1 is 1.46 bits per heavy atom. The average Bonchev–Trinajstić information content (AvgIpc) is 3.08. The third-order valence-corrected chi connectivity index (χ3v) is 3.85. The predicted molar refractivity (Wildman–Crippen MR) is 107 cm³/mol. The quantitative estimate of drug-likeness (QED) is 0.277. The normalized spacial score (nSPS) is 17.4. The van der Waals surface area contributed by atoms with Crippen LogP contribution in [0.5, 0.6) is 0 Å². The molecule has 1 aliphatic rings. The summed E-state index contributed by atoms with van der Waals surface area (Å²) < 4.78 is 11.2. The minimum absolute atomic E-state index is 0. The fourth-order valence-corrected chi connectivity index (χ4v) is 2.46. The summed E-state index contributed by atoms with van der Waals surface area (Å²) in [6, 6.07) is 4.01. The Hall–Kier alpha value is -0.930. The van der Waals surface area contributed by atoms with Crippen LogP contribution in [0.25, 0.3) is 0 Å². The first-order valence-corrected chi connectivity index (χ1v) is 8.34. The number of nitrogens with one attached hydrogen (secondary N) is 2. The lowest BCUT2D eigenvalue weighted by Crippen LogP contribution is -2.38. The third-order valence-electron chi connectivity index (χ3n) is 3.85. The molecule has 0 radical (unpaired) electrons. The smallest absolute Gasteiger partial charge is 0.191 e. The van der Waals surface area contributed by atoms with Crippen molar-refractivity contribution in [2.75, 3.05) is 33.4 Å². The number of aryl methyl sites for hydroxylation is 1. The molecule has 0 aromatic carbocycles. The highest BCUT2D eigenvalue weighted by Crippen LogP contribution is 2.11. The van der Waals surface area contributed by atoms with E-state index in [0.717, 1.165) is 50.7 Å². The van der Waals surface area contributed by atoms with E-state index in [4.69, 9.17) is 9.47 Å². The highest BCUT2D eigenvalue weighted by molar-refractivity contribution is 14.0. The molecule has 1 saturated heterocycles. The molecule has 2 rings (SSSR count). The van der Waals surface area contributed by atoms with E-state index in [2.05, 4.69) is 33.6 Å². The first kappa shape index (κ1) is 21.1. The van der Waals surface area contributed by atoms with Crippen LogP contribution in [-0.4, -0.2) is 50.5 Å². The number of hydrogen-bond acceptors (Lipinski definition) is 4. The molecule has 1 aliphatic heterocycles. The Morgan fingerprint density at radius 3 is 3.04 bits per heavy atom. The van der Waals surface area contributed by atoms with Crippen molar-refractivity contribution >= 4 is 29.9 Å². The number of guanidine groups is 1. The number of pyridine rings is 1. The molecule has 7 heteroatoms. The van der Waals surface area contributed by atoms with Crippen molar-refractivity contribution < 1.29 is 9.47 Å². The second kappa shape index (κ2) is 12.4.